The van der Waals surface area contributed by atoms with E-state index in [9.17, 15) is 0 Å². The average Bonchev–Trinajstić information content (AvgIpc) is 2.29. The molecule has 0 spiro atoms. The van der Waals surface area contributed by atoms with Gasteiger partial charge in [-0.15, -0.1) is 0 Å². The molecule has 76 valence electrons. The smallest absolute Gasteiger partial charge is 0.222 e. The predicted molar refractivity (Wildman–Crippen MR) is 51.1 cm³/mol. The largest absolute Gasteiger partial charge is 0.376 e. The van der Waals surface area contributed by atoms with Gasteiger partial charge in [0.25, 0.3) is 0 Å². The Morgan fingerprint density at radius 3 is 2.93 bits per heavy atom. The van der Waals surface area contributed by atoms with Gasteiger partial charge in [-0.25, -0.2) is 9.97 Å². The number of anilines is 1. The quantitative estimate of drug-likeness (QED) is 0.752. The maximum absolute atomic E-state index is 5.46. The van der Waals surface area contributed by atoms with Gasteiger partial charge in [0.1, 0.15) is 0 Å². The zero-order valence-electron chi connectivity index (χ0n) is 7.85. The molecular formula is C9H13N3O2. The van der Waals surface area contributed by atoms with Gasteiger partial charge in [0.15, 0.2) is 0 Å². The first-order valence-electron chi connectivity index (χ1n) is 4.65. The normalized spacial score (nSPS) is 21.9. The fourth-order valence-corrected chi connectivity index (χ4v) is 1.25. The second kappa shape index (κ2) is 4.88. The minimum Gasteiger partial charge on any atom is -0.376 e. The molecule has 0 aromatic carbocycles. The molecule has 0 amide bonds. The van der Waals surface area contributed by atoms with Crippen LogP contribution in [0.15, 0.2) is 18.5 Å². The lowest BCUT2D eigenvalue weighted by Gasteiger charge is -2.22. The summed E-state index contributed by atoms with van der Waals surface area (Å²) in [4.78, 5) is 8.09. The first kappa shape index (κ1) is 9.36. The SMILES string of the molecule is c1cnc(NCC2COCCO2)nc1. The van der Waals surface area contributed by atoms with Crippen LogP contribution in [0.5, 0.6) is 0 Å². The lowest BCUT2D eigenvalue weighted by Crippen LogP contribution is -2.34. The topological polar surface area (TPSA) is 56.3 Å². The zero-order valence-corrected chi connectivity index (χ0v) is 7.85. The predicted octanol–water partition coefficient (Wildman–Crippen LogP) is 0.304. The van der Waals surface area contributed by atoms with Crippen molar-refractivity contribution >= 4 is 5.95 Å². The molecule has 1 atom stereocenters. The molecule has 0 bridgehead atoms. The fourth-order valence-electron chi connectivity index (χ4n) is 1.25. The Morgan fingerprint density at radius 1 is 1.36 bits per heavy atom. The molecule has 1 fully saturated rings. The second-order valence-corrected chi connectivity index (χ2v) is 3.02. The van der Waals surface area contributed by atoms with Gasteiger partial charge in [0, 0.05) is 18.9 Å². The van der Waals surface area contributed by atoms with Crippen molar-refractivity contribution in [3.8, 4) is 0 Å². The average molecular weight is 195 g/mol. The molecular weight excluding hydrogens is 182 g/mol. The van der Waals surface area contributed by atoms with Gasteiger partial charge in [-0.3, -0.25) is 0 Å². The van der Waals surface area contributed by atoms with Crippen LogP contribution in [-0.2, 0) is 9.47 Å². The van der Waals surface area contributed by atoms with Crippen LogP contribution in [0.1, 0.15) is 0 Å². The molecule has 1 N–H and O–H groups in total. The van der Waals surface area contributed by atoms with E-state index >= 15 is 0 Å². The van der Waals surface area contributed by atoms with Crippen molar-refractivity contribution in [2.75, 3.05) is 31.7 Å². The number of hydrogen-bond acceptors (Lipinski definition) is 5. The van der Waals surface area contributed by atoms with Gasteiger partial charge in [0.2, 0.25) is 5.95 Å². The maximum Gasteiger partial charge on any atom is 0.222 e. The number of nitrogens with zero attached hydrogens (tertiary/aromatic N) is 2. The molecule has 2 rings (SSSR count). The van der Waals surface area contributed by atoms with E-state index < -0.39 is 0 Å². The van der Waals surface area contributed by atoms with Crippen molar-refractivity contribution in [2.45, 2.75) is 6.10 Å². The van der Waals surface area contributed by atoms with Crippen molar-refractivity contribution in [2.24, 2.45) is 0 Å². The van der Waals surface area contributed by atoms with E-state index in [0.717, 1.165) is 0 Å². The number of ether oxygens (including phenoxy) is 2. The highest BCUT2D eigenvalue weighted by Gasteiger charge is 2.13. The summed E-state index contributed by atoms with van der Waals surface area (Å²) >= 11 is 0. The summed E-state index contributed by atoms with van der Waals surface area (Å²) in [7, 11) is 0. The fraction of sp³-hybridized carbons (Fsp3) is 0.556. The van der Waals surface area contributed by atoms with E-state index in [1.807, 2.05) is 0 Å². The van der Waals surface area contributed by atoms with E-state index in [2.05, 4.69) is 15.3 Å². The molecule has 5 heteroatoms. The van der Waals surface area contributed by atoms with Crippen LogP contribution in [0.4, 0.5) is 5.95 Å². The molecule has 1 aliphatic rings. The van der Waals surface area contributed by atoms with Crippen LogP contribution in [0.3, 0.4) is 0 Å². The van der Waals surface area contributed by atoms with Gasteiger partial charge in [-0.2, -0.15) is 0 Å². The molecule has 1 aromatic rings. The molecule has 1 aromatic heterocycles. The highest BCUT2D eigenvalue weighted by atomic mass is 16.6. The van der Waals surface area contributed by atoms with E-state index in [-0.39, 0.29) is 6.10 Å². The summed E-state index contributed by atoms with van der Waals surface area (Å²) in [6.07, 6.45) is 3.51. The first-order chi connectivity index (χ1) is 6.95. The third-order valence-corrected chi connectivity index (χ3v) is 1.94. The molecule has 2 heterocycles. The van der Waals surface area contributed by atoms with E-state index in [4.69, 9.17) is 9.47 Å². The van der Waals surface area contributed by atoms with Gasteiger partial charge in [0.05, 0.1) is 25.9 Å². The number of rotatable bonds is 3. The molecule has 0 radical (unpaired) electrons. The highest BCUT2D eigenvalue weighted by molar-refractivity contribution is 5.22. The zero-order chi connectivity index (χ0) is 9.64. The Kier molecular flexibility index (Phi) is 3.26. The minimum atomic E-state index is 0.104. The number of aromatic nitrogens is 2. The Balaban J connectivity index is 1.76. The van der Waals surface area contributed by atoms with Crippen LogP contribution in [0.2, 0.25) is 0 Å². The van der Waals surface area contributed by atoms with E-state index in [0.29, 0.717) is 32.3 Å². The van der Waals surface area contributed by atoms with Crippen LogP contribution in [0.25, 0.3) is 0 Å². The summed E-state index contributed by atoms with van der Waals surface area (Å²) in [6, 6.07) is 1.78. The number of hydrogen-bond donors (Lipinski definition) is 1. The molecule has 5 nitrogen and oxygen atoms in total. The summed E-state index contributed by atoms with van der Waals surface area (Å²) in [5, 5.41) is 3.09. The van der Waals surface area contributed by atoms with Gasteiger partial charge >= 0.3 is 0 Å². The third-order valence-electron chi connectivity index (χ3n) is 1.94. The Morgan fingerprint density at radius 2 is 2.21 bits per heavy atom. The third kappa shape index (κ3) is 2.65. The summed E-state index contributed by atoms with van der Waals surface area (Å²) in [5.74, 6) is 0.627. The molecule has 1 saturated heterocycles. The lowest BCUT2D eigenvalue weighted by atomic mass is 10.3. The van der Waals surface area contributed by atoms with Crippen molar-refractivity contribution in [3.05, 3.63) is 18.5 Å². The van der Waals surface area contributed by atoms with Gasteiger partial charge in [-0.1, -0.05) is 0 Å². The number of nitrogens with one attached hydrogen (secondary N) is 1. The summed E-state index contributed by atoms with van der Waals surface area (Å²) in [6.45, 7) is 2.68. The standard InChI is InChI=1S/C9H13N3O2/c1-2-10-9(11-3-1)12-6-8-7-13-4-5-14-8/h1-3,8H,4-7H2,(H,10,11,12). The van der Waals surface area contributed by atoms with Crippen molar-refractivity contribution in [1.29, 1.82) is 0 Å². The molecule has 14 heavy (non-hydrogen) atoms. The summed E-state index contributed by atoms with van der Waals surface area (Å²) in [5.41, 5.74) is 0. The van der Waals surface area contributed by atoms with Crippen molar-refractivity contribution in [1.82, 2.24) is 9.97 Å². The van der Waals surface area contributed by atoms with Crippen LogP contribution in [0, 0.1) is 0 Å². The van der Waals surface area contributed by atoms with Crippen molar-refractivity contribution in [3.63, 3.8) is 0 Å². The minimum absolute atomic E-state index is 0.104. The second-order valence-electron chi connectivity index (χ2n) is 3.02. The first-order valence-corrected chi connectivity index (χ1v) is 4.65. The Hall–Kier alpha value is -1.20. The monoisotopic (exact) mass is 195 g/mol. The Bertz CT molecular complexity index is 262. The molecule has 0 saturated carbocycles. The van der Waals surface area contributed by atoms with Crippen molar-refractivity contribution < 1.29 is 9.47 Å². The van der Waals surface area contributed by atoms with E-state index in [1.165, 1.54) is 0 Å². The van der Waals surface area contributed by atoms with E-state index in [1.54, 1.807) is 18.5 Å². The highest BCUT2D eigenvalue weighted by Crippen LogP contribution is 2.02. The molecule has 0 aliphatic carbocycles. The van der Waals surface area contributed by atoms with Gasteiger partial charge < -0.3 is 14.8 Å². The van der Waals surface area contributed by atoms with Gasteiger partial charge in [-0.05, 0) is 6.07 Å². The molecule has 1 unspecified atom stereocenters. The maximum atomic E-state index is 5.46. The van der Waals surface area contributed by atoms with Crippen LogP contribution < -0.4 is 5.32 Å². The van der Waals surface area contributed by atoms with Crippen LogP contribution >= 0.6 is 0 Å². The molecule has 1 aliphatic heterocycles. The Labute approximate surface area is 82.5 Å². The summed E-state index contributed by atoms with van der Waals surface area (Å²) < 4.78 is 10.7. The van der Waals surface area contributed by atoms with Crippen LogP contribution in [-0.4, -0.2) is 42.4 Å². The lowest BCUT2D eigenvalue weighted by molar-refractivity contribution is -0.0819.